The quantitative estimate of drug-likeness (QED) is 0.663. The molecule has 29 heavy (non-hydrogen) atoms. The highest BCUT2D eigenvalue weighted by Crippen LogP contribution is 2.36. The first-order valence-electron chi connectivity index (χ1n) is 8.64. The van der Waals surface area contributed by atoms with Crippen LogP contribution in [0.4, 0.5) is 5.82 Å². The zero-order valence-corrected chi connectivity index (χ0v) is 16.2. The number of anilines is 1. The Balaban J connectivity index is 2.18. The molecule has 3 aromatic rings. The Morgan fingerprint density at radius 1 is 1.00 bits per heavy atom. The van der Waals surface area contributed by atoms with Crippen molar-refractivity contribution in [1.29, 1.82) is 5.26 Å². The lowest BCUT2D eigenvalue weighted by atomic mass is 9.97. The summed E-state index contributed by atoms with van der Waals surface area (Å²) < 4.78 is 15.5. The molecule has 1 heterocycles. The molecule has 2 aromatic carbocycles. The minimum absolute atomic E-state index is 0.0990. The normalized spacial score (nSPS) is 10.1. The van der Waals surface area contributed by atoms with Gasteiger partial charge in [-0.3, -0.25) is 0 Å². The highest BCUT2D eigenvalue weighted by Gasteiger charge is 2.17. The molecule has 0 radical (unpaired) electrons. The minimum atomic E-state index is -0.437. The average molecular weight is 389 g/mol. The van der Waals surface area contributed by atoms with Crippen molar-refractivity contribution in [3.63, 3.8) is 0 Å². The Labute approximate surface area is 168 Å². The van der Waals surface area contributed by atoms with Crippen LogP contribution in [0.2, 0.25) is 0 Å². The van der Waals surface area contributed by atoms with Crippen molar-refractivity contribution in [3.8, 4) is 40.0 Å². The number of benzene rings is 2. The van der Waals surface area contributed by atoms with Gasteiger partial charge in [0.2, 0.25) is 0 Å². The van der Waals surface area contributed by atoms with E-state index >= 15 is 0 Å². The number of hydrogen-bond donors (Lipinski definition) is 1. The number of nitrogens with zero attached hydrogens (tertiary/aromatic N) is 2. The average Bonchev–Trinajstić information content (AvgIpc) is 2.77. The van der Waals surface area contributed by atoms with Crippen LogP contribution >= 0.6 is 0 Å². The standard InChI is InChI=1S/C22H19N3O4/c1-27-15-8-9-20(28-2)17(10-15)19-11-16(18(12-23)21(24)25-19)13-4-6-14(7-5-13)22(26)29-3/h4-11H,1-3H3,(H2,24,25). The highest BCUT2D eigenvalue weighted by molar-refractivity contribution is 5.90. The van der Waals surface area contributed by atoms with Crippen molar-refractivity contribution in [3.05, 3.63) is 59.7 Å². The van der Waals surface area contributed by atoms with Crippen LogP contribution in [0.5, 0.6) is 11.5 Å². The molecule has 3 rings (SSSR count). The van der Waals surface area contributed by atoms with Gasteiger partial charge in [0.05, 0.1) is 32.6 Å². The van der Waals surface area contributed by atoms with E-state index in [0.717, 1.165) is 0 Å². The van der Waals surface area contributed by atoms with Gasteiger partial charge in [0.15, 0.2) is 0 Å². The molecule has 0 aliphatic rings. The molecule has 1 aromatic heterocycles. The Hall–Kier alpha value is -4.05. The van der Waals surface area contributed by atoms with Crippen LogP contribution in [0.25, 0.3) is 22.4 Å². The minimum Gasteiger partial charge on any atom is -0.497 e. The van der Waals surface area contributed by atoms with Crippen molar-refractivity contribution in [2.75, 3.05) is 27.1 Å². The molecule has 0 spiro atoms. The van der Waals surface area contributed by atoms with Gasteiger partial charge < -0.3 is 19.9 Å². The highest BCUT2D eigenvalue weighted by atomic mass is 16.5. The molecule has 7 heteroatoms. The van der Waals surface area contributed by atoms with Gasteiger partial charge in [-0.25, -0.2) is 9.78 Å². The van der Waals surface area contributed by atoms with Crippen molar-refractivity contribution in [2.24, 2.45) is 0 Å². The van der Waals surface area contributed by atoms with Gasteiger partial charge in [-0.1, -0.05) is 12.1 Å². The molecule has 0 amide bonds. The SMILES string of the molecule is COC(=O)c1ccc(-c2cc(-c3cc(OC)ccc3OC)nc(N)c2C#N)cc1. The predicted octanol–water partition coefficient (Wildman–Crippen LogP) is 3.67. The van der Waals surface area contributed by atoms with E-state index < -0.39 is 5.97 Å². The van der Waals surface area contributed by atoms with Gasteiger partial charge >= 0.3 is 5.97 Å². The topological polar surface area (TPSA) is 107 Å². The maximum atomic E-state index is 11.7. The lowest BCUT2D eigenvalue weighted by molar-refractivity contribution is 0.0601. The third kappa shape index (κ3) is 3.82. The predicted molar refractivity (Wildman–Crippen MR) is 109 cm³/mol. The number of pyridine rings is 1. The number of nitrogen functional groups attached to an aromatic ring is 1. The Kier molecular flexibility index (Phi) is 5.65. The molecule has 0 saturated heterocycles. The first kappa shape index (κ1) is 19.7. The number of nitrogens with two attached hydrogens (primary N) is 1. The number of methoxy groups -OCH3 is 3. The number of nitriles is 1. The molecule has 0 saturated carbocycles. The number of aromatic nitrogens is 1. The summed E-state index contributed by atoms with van der Waals surface area (Å²) in [6.45, 7) is 0. The van der Waals surface area contributed by atoms with Crippen LogP contribution in [-0.4, -0.2) is 32.3 Å². The summed E-state index contributed by atoms with van der Waals surface area (Å²) in [4.78, 5) is 16.1. The molecule has 146 valence electrons. The fourth-order valence-corrected chi connectivity index (χ4v) is 2.97. The number of ether oxygens (including phenoxy) is 3. The molecule has 0 bridgehead atoms. The van der Waals surface area contributed by atoms with Crippen LogP contribution in [-0.2, 0) is 4.74 Å². The number of carbonyl (C=O) groups is 1. The summed E-state index contributed by atoms with van der Waals surface area (Å²) in [5.74, 6) is 0.888. The van der Waals surface area contributed by atoms with E-state index in [1.165, 1.54) is 7.11 Å². The van der Waals surface area contributed by atoms with Crippen molar-refractivity contribution in [2.45, 2.75) is 0 Å². The number of carbonyl (C=O) groups excluding carboxylic acids is 1. The van der Waals surface area contributed by atoms with Crippen molar-refractivity contribution in [1.82, 2.24) is 4.98 Å². The van der Waals surface area contributed by atoms with Crippen LogP contribution in [0, 0.1) is 11.3 Å². The molecular weight excluding hydrogens is 370 g/mol. The molecule has 7 nitrogen and oxygen atoms in total. The summed E-state index contributed by atoms with van der Waals surface area (Å²) in [6.07, 6.45) is 0. The molecule has 0 atom stereocenters. The molecule has 0 aliphatic heterocycles. The monoisotopic (exact) mass is 389 g/mol. The zero-order valence-electron chi connectivity index (χ0n) is 16.2. The second kappa shape index (κ2) is 8.31. The van der Waals surface area contributed by atoms with E-state index in [1.807, 2.05) is 0 Å². The number of hydrogen-bond acceptors (Lipinski definition) is 7. The smallest absolute Gasteiger partial charge is 0.337 e. The van der Waals surface area contributed by atoms with Crippen LogP contribution in [0.15, 0.2) is 48.5 Å². The first-order valence-corrected chi connectivity index (χ1v) is 8.64. The molecule has 0 aliphatic carbocycles. The fourth-order valence-electron chi connectivity index (χ4n) is 2.97. The van der Waals surface area contributed by atoms with Crippen LogP contribution in [0.3, 0.4) is 0 Å². The Morgan fingerprint density at radius 2 is 1.72 bits per heavy atom. The number of esters is 1. The van der Waals surface area contributed by atoms with Gasteiger partial charge in [0.1, 0.15) is 28.9 Å². The second-order valence-corrected chi connectivity index (χ2v) is 6.06. The molecule has 2 N–H and O–H groups in total. The van der Waals surface area contributed by atoms with E-state index in [2.05, 4.69) is 11.1 Å². The van der Waals surface area contributed by atoms with Crippen LogP contribution < -0.4 is 15.2 Å². The van der Waals surface area contributed by atoms with E-state index in [1.54, 1.807) is 62.8 Å². The van der Waals surface area contributed by atoms with Gasteiger partial charge in [0, 0.05) is 11.1 Å². The summed E-state index contributed by atoms with van der Waals surface area (Å²) in [5.41, 5.74) is 9.27. The van der Waals surface area contributed by atoms with Gasteiger partial charge in [-0.05, 0) is 42.0 Å². The van der Waals surface area contributed by atoms with Crippen LogP contribution in [0.1, 0.15) is 15.9 Å². The van der Waals surface area contributed by atoms with Crippen molar-refractivity contribution < 1.29 is 19.0 Å². The third-order valence-corrected chi connectivity index (χ3v) is 4.46. The Morgan fingerprint density at radius 3 is 2.31 bits per heavy atom. The van der Waals surface area contributed by atoms with E-state index in [4.69, 9.17) is 19.9 Å². The summed E-state index contributed by atoms with van der Waals surface area (Å²) >= 11 is 0. The molecular formula is C22H19N3O4. The molecule has 0 fully saturated rings. The van der Waals surface area contributed by atoms with Gasteiger partial charge in [0.25, 0.3) is 0 Å². The van der Waals surface area contributed by atoms with E-state index in [-0.39, 0.29) is 11.4 Å². The zero-order chi connectivity index (χ0) is 21.0. The molecule has 0 unspecified atom stereocenters. The van der Waals surface area contributed by atoms with E-state index in [0.29, 0.717) is 39.4 Å². The van der Waals surface area contributed by atoms with Gasteiger partial charge in [-0.15, -0.1) is 0 Å². The summed E-state index contributed by atoms with van der Waals surface area (Å²) in [6, 6.07) is 15.9. The Bertz CT molecular complexity index is 1100. The lowest BCUT2D eigenvalue weighted by Gasteiger charge is -2.14. The first-order chi connectivity index (χ1) is 14.0. The lowest BCUT2D eigenvalue weighted by Crippen LogP contribution is -2.02. The van der Waals surface area contributed by atoms with E-state index in [9.17, 15) is 10.1 Å². The maximum Gasteiger partial charge on any atom is 0.337 e. The largest absolute Gasteiger partial charge is 0.497 e. The third-order valence-electron chi connectivity index (χ3n) is 4.46. The maximum absolute atomic E-state index is 11.7. The summed E-state index contributed by atoms with van der Waals surface area (Å²) in [7, 11) is 4.45. The fraction of sp³-hybridized carbons (Fsp3) is 0.136. The van der Waals surface area contributed by atoms with Crippen molar-refractivity contribution >= 4 is 11.8 Å². The van der Waals surface area contributed by atoms with Gasteiger partial charge in [-0.2, -0.15) is 5.26 Å². The number of rotatable bonds is 5. The summed E-state index contributed by atoms with van der Waals surface area (Å²) in [5, 5.41) is 9.60. The second-order valence-electron chi connectivity index (χ2n) is 6.06.